The molecular weight excluding hydrogens is 1040 g/mol. The molecule has 23 nitrogen and oxygen atoms in total. The van der Waals surface area contributed by atoms with E-state index in [2.05, 4.69) is 15.4 Å². The maximum absolute atomic E-state index is 14.4. The molecule has 3 heterocycles. The zero-order chi connectivity index (χ0) is 57.4. The quantitative estimate of drug-likeness (QED) is 0.0262. The number of aliphatic hydroxyl groups is 6. The first-order valence-electron chi connectivity index (χ1n) is 25.7. The molecule has 25 heteroatoms. The molecular formula is C51H82Cl2N6O17. The Morgan fingerprint density at radius 1 is 1.01 bits per heavy atom. The fourth-order valence-corrected chi connectivity index (χ4v) is 10.8. The van der Waals surface area contributed by atoms with Crippen molar-refractivity contribution in [2.45, 2.75) is 203 Å². The Balaban J connectivity index is 1.65. The van der Waals surface area contributed by atoms with Crippen LogP contribution >= 0.6 is 23.2 Å². The normalized spacial score (nSPS) is 38.4. The molecule has 9 N–H and O–H groups in total. The summed E-state index contributed by atoms with van der Waals surface area (Å²) in [6.07, 6.45) is -11.5. The molecule has 3 saturated heterocycles. The number of nitrogens with zero attached hydrogens (tertiary/aromatic N) is 4. The van der Waals surface area contributed by atoms with Gasteiger partial charge in [-0.05, 0) is 85.5 Å². The van der Waals surface area contributed by atoms with Gasteiger partial charge in [0.2, 0.25) is 0 Å². The number of ketones is 1. The van der Waals surface area contributed by atoms with Gasteiger partial charge in [0, 0.05) is 68.6 Å². The Bertz CT molecular complexity index is 2160. The second-order valence-electron chi connectivity index (χ2n) is 21.6. The van der Waals surface area contributed by atoms with Crippen LogP contribution < -0.4 is 11.2 Å². The number of hydrogen-bond donors (Lipinski definition) is 8. The summed E-state index contributed by atoms with van der Waals surface area (Å²) < 4.78 is 37.6. The zero-order valence-corrected chi connectivity index (χ0v) is 47.0. The molecule has 3 fully saturated rings. The maximum atomic E-state index is 14.4. The number of nitro benzene ring substituents is 1. The van der Waals surface area contributed by atoms with Crippen molar-refractivity contribution in [3.63, 3.8) is 0 Å². The Morgan fingerprint density at radius 3 is 2.21 bits per heavy atom. The highest BCUT2D eigenvalue weighted by Gasteiger charge is 2.54. The van der Waals surface area contributed by atoms with E-state index in [9.17, 15) is 55.1 Å². The third-order valence-electron chi connectivity index (χ3n) is 15.5. The van der Waals surface area contributed by atoms with Crippen LogP contribution in [0.4, 0.5) is 5.69 Å². The van der Waals surface area contributed by atoms with Crippen LogP contribution in [0.1, 0.15) is 113 Å². The first kappa shape index (κ1) is 65.0. The second kappa shape index (κ2) is 27.6. The molecule has 0 aromatic heterocycles. The molecule has 1 aromatic rings. The summed E-state index contributed by atoms with van der Waals surface area (Å²) in [6.45, 7) is 15.9. The number of benzene rings is 1. The highest BCUT2D eigenvalue weighted by Crippen LogP contribution is 2.41. The van der Waals surface area contributed by atoms with Gasteiger partial charge < -0.3 is 75.1 Å². The Hall–Kier alpha value is -3.53. The smallest absolute Gasteiger partial charge is 0.311 e. The molecule has 0 spiro atoms. The van der Waals surface area contributed by atoms with Crippen molar-refractivity contribution < 1.29 is 78.4 Å². The second-order valence-corrected chi connectivity index (χ2v) is 22.7. The van der Waals surface area contributed by atoms with Gasteiger partial charge in [-0.3, -0.25) is 29.5 Å². The minimum absolute atomic E-state index is 0.0118. The molecule has 3 aliphatic rings. The van der Waals surface area contributed by atoms with Crippen molar-refractivity contribution >= 4 is 58.5 Å². The fraction of sp³-hybridized carbons (Fsp3) is 0.784. The average Bonchev–Trinajstić information content (AvgIpc) is 3.37. The van der Waals surface area contributed by atoms with E-state index in [0.29, 0.717) is 6.42 Å². The number of hydrogen-bond acceptors (Lipinski definition) is 21. The first-order valence-corrected chi connectivity index (χ1v) is 26.6. The third-order valence-corrected chi connectivity index (χ3v) is 15.9. The summed E-state index contributed by atoms with van der Waals surface area (Å²) in [5.41, 5.74) is -4.84. The topological polar surface area (TPSA) is 337 Å². The number of rotatable bonds is 18. The molecule has 3 aliphatic heterocycles. The SMILES string of the molecule is CC[C@H]1OC(=O)[C@H](C)[C@@H](O[C@H]2C[C@@](C)(OC)[C@@H](O)[C@H](C)O2)[C@H](C)[C@@H](O[C@@H]2O[C@H](C)C[C@H](N(C)CCC(C=NCC(NC(=O)C(Cl)Cl)C(O)c3ccc([N+](=O)[O-])cc3)=NN)[C@H]2O)[C@](C)(O)C[C@@H](C)C(=O)[C@H](C)[C@@H](O)[C@]1(C)O. The molecule has 1 amide bonds. The first-order chi connectivity index (χ1) is 35.3. The lowest BCUT2D eigenvalue weighted by molar-refractivity contribution is -0.384. The van der Waals surface area contributed by atoms with Crippen LogP contribution in [0.15, 0.2) is 34.4 Å². The van der Waals surface area contributed by atoms with Crippen molar-refractivity contribution in [2.24, 2.45) is 39.6 Å². The van der Waals surface area contributed by atoms with E-state index in [-0.39, 0.29) is 55.7 Å². The lowest BCUT2D eigenvalue weighted by Crippen LogP contribution is -2.61. The van der Waals surface area contributed by atoms with Crippen molar-refractivity contribution in [1.29, 1.82) is 0 Å². The number of esters is 1. The summed E-state index contributed by atoms with van der Waals surface area (Å²) in [7, 11) is 3.20. The predicted molar refractivity (Wildman–Crippen MR) is 280 cm³/mol. The van der Waals surface area contributed by atoms with Gasteiger partial charge in [-0.1, -0.05) is 50.9 Å². The molecule has 4 rings (SSSR count). The molecule has 76 heavy (non-hydrogen) atoms. The van der Waals surface area contributed by atoms with Crippen molar-refractivity contribution in [1.82, 2.24) is 10.2 Å². The standard InChI is InChI=1S/C51H82Cl2N6O17/c1-13-36-51(10,68)42(63)27(4)38(60)25(2)21-49(8,67)44(28(5)41(29(6)47(66)74-36)75-37-22-50(9,71-12)43(64)30(7)73-37)76-48-40(62)35(20-26(3)72-48)58(11)19-18-32(57-54)23-55-24-34(56-46(65)45(52)53)39(61)31-14-16-33(17-15-31)59(69)70/h14-17,23,25-30,34-37,39-45,48,61-64,67-68H,13,18-22,24,54H2,1-12H3,(H,56,65)/t25-,26-,27+,28+,29-,30+,34?,35+,36-,37+,39?,40-,41+,42-,43+,44-,48+,49-,50-,51-/m1/s1. The van der Waals surface area contributed by atoms with E-state index in [4.69, 9.17) is 57.5 Å². The number of nitrogens with one attached hydrogen (secondary N) is 1. The maximum Gasteiger partial charge on any atom is 0.311 e. The number of likely N-dealkylation sites (N-methyl/N-ethyl adjacent to an activating group) is 1. The number of ether oxygens (including phenoxy) is 6. The molecule has 20 atom stereocenters. The lowest BCUT2D eigenvalue weighted by atomic mass is 9.74. The minimum atomic E-state index is -2.08. The van der Waals surface area contributed by atoms with Crippen LogP contribution in [-0.2, 0) is 42.8 Å². The molecule has 2 unspecified atom stereocenters. The van der Waals surface area contributed by atoms with Gasteiger partial charge in [0.15, 0.2) is 17.4 Å². The van der Waals surface area contributed by atoms with Gasteiger partial charge >= 0.3 is 5.97 Å². The van der Waals surface area contributed by atoms with Crippen LogP contribution in [-0.4, -0.2) is 192 Å². The van der Waals surface area contributed by atoms with E-state index in [1.165, 1.54) is 58.4 Å². The van der Waals surface area contributed by atoms with Gasteiger partial charge in [-0.25, -0.2) is 0 Å². The van der Waals surface area contributed by atoms with Crippen LogP contribution in [0.25, 0.3) is 0 Å². The molecule has 432 valence electrons. The zero-order valence-electron chi connectivity index (χ0n) is 45.5. The van der Waals surface area contributed by atoms with E-state index in [1.807, 2.05) is 4.90 Å². The van der Waals surface area contributed by atoms with Crippen LogP contribution in [0, 0.1) is 33.8 Å². The lowest BCUT2D eigenvalue weighted by Gasteiger charge is -2.49. The molecule has 1 aromatic carbocycles. The number of hydrazone groups is 1. The number of amides is 1. The van der Waals surface area contributed by atoms with Gasteiger partial charge in [0.1, 0.15) is 35.8 Å². The number of non-ortho nitro benzene ring substituents is 1. The minimum Gasteiger partial charge on any atom is -0.459 e. The fourth-order valence-electron chi connectivity index (χ4n) is 10.7. The molecule has 0 aliphatic carbocycles. The van der Waals surface area contributed by atoms with E-state index < -0.39 is 147 Å². The van der Waals surface area contributed by atoms with Crippen LogP contribution in [0.3, 0.4) is 0 Å². The number of nitrogens with two attached hydrogens (primary N) is 1. The summed E-state index contributed by atoms with van der Waals surface area (Å²) in [5, 5.41) is 88.0. The number of carbonyl (C=O) groups excluding carboxylic acids is 3. The summed E-state index contributed by atoms with van der Waals surface area (Å²) >= 11 is 11.6. The summed E-state index contributed by atoms with van der Waals surface area (Å²) in [4.78, 5) is 56.3. The number of carbonyl (C=O) groups is 3. The highest BCUT2D eigenvalue weighted by atomic mass is 35.5. The summed E-state index contributed by atoms with van der Waals surface area (Å²) in [5.74, 6) is -0.630. The highest BCUT2D eigenvalue weighted by molar-refractivity contribution is 6.53. The number of aliphatic hydroxyl groups excluding tert-OH is 4. The monoisotopic (exact) mass is 1120 g/mol. The van der Waals surface area contributed by atoms with Crippen molar-refractivity contribution in [2.75, 3.05) is 27.2 Å². The number of nitro groups is 1. The largest absolute Gasteiger partial charge is 0.459 e. The molecule has 0 saturated carbocycles. The van der Waals surface area contributed by atoms with Crippen molar-refractivity contribution in [3.05, 3.63) is 39.9 Å². The van der Waals surface area contributed by atoms with Gasteiger partial charge in [-0.2, -0.15) is 5.10 Å². The number of Topliss-reactive ketones (excluding diaryl/α,β-unsaturated/α-hetero) is 1. The van der Waals surface area contributed by atoms with Gasteiger partial charge in [0.05, 0.1) is 70.9 Å². The van der Waals surface area contributed by atoms with E-state index >= 15 is 0 Å². The average molecular weight is 1120 g/mol. The predicted octanol–water partition coefficient (Wildman–Crippen LogP) is 2.86. The molecule has 0 radical (unpaired) electrons. The number of cyclic esters (lactones) is 1. The Labute approximate surface area is 454 Å². The van der Waals surface area contributed by atoms with Crippen molar-refractivity contribution in [3.8, 4) is 0 Å². The number of alkyl halides is 2. The molecule has 0 bridgehead atoms. The Morgan fingerprint density at radius 2 is 1.64 bits per heavy atom. The van der Waals surface area contributed by atoms with E-state index in [0.717, 1.165) is 0 Å². The van der Waals surface area contributed by atoms with Gasteiger partial charge in [0.25, 0.3) is 11.6 Å². The van der Waals surface area contributed by atoms with E-state index in [1.54, 1.807) is 55.5 Å². The number of aliphatic imine (C=N–C) groups is 1. The summed E-state index contributed by atoms with van der Waals surface area (Å²) in [6, 6.07) is 3.37. The number of halogens is 2. The van der Waals surface area contributed by atoms with Gasteiger partial charge in [-0.15, -0.1) is 0 Å². The Kier molecular flexibility index (Phi) is 23.6. The third kappa shape index (κ3) is 15.9. The number of methoxy groups -OCH3 is 1. The van der Waals surface area contributed by atoms with Crippen LogP contribution in [0.5, 0.6) is 0 Å². The van der Waals surface area contributed by atoms with Crippen LogP contribution in [0.2, 0.25) is 0 Å².